The maximum Gasteiger partial charge on any atom is 0.233 e. The molecule has 2 aliphatic carbocycles. The Morgan fingerprint density at radius 3 is 2.21 bits per heavy atom. The van der Waals surface area contributed by atoms with Gasteiger partial charge in [0.2, 0.25) is 11.8 Å². The maximum absolute atomic E-state index is 12.5. The zero-order valence-electron chi connectivity index (χ0n) is 11.5. The lowest BCUT2D eigenvalue weighted by molar-refractivity contribution is -0.142. The van der Waals surface area contributed by atoms with Crippen molar-refractivity contribution >= 4 is 11.8 Å². The highest BCUT2D eigenvalue weighted by Gasteiger charge is 2.59. The fraction of sp³-hybridized carbons (Fsp3) is 0.733. The first-order valence-corrected chi connectivity index (χ1v) is 7.09. The molecule has 1 aliphatic heterocycles. The van der Waals surface area contributed by atoms with E-state index in [0.717, 1.165) is 6.42 Å². The van der Waals surface area contributed by atoms with Crippen LogP contribution in [-0.4, -0.2) is 35.0 Å². The van der Waals surface area contributed by atoms with Gasteiger partial charge in [0.1, 0.15) is 0 Å². The van der Waals surface area contributed by atoms with Crippen molar-refractivity contribution in [2.75, 3.05) is 13.2 Å². The van der Waals surface area contributed by atoms with E-state index >= 15 is 0 Å². The Bertz CT molecular complexity index is 424. The van der Waals surface area contributed by atoms with Crippen LogP contribution in [0.5, 0.6) is 0 Å². The van der Waals surface area contributed by atoms with Crippen molar-refractivity contribution in [1.82, 2.24) is 4.90 Å². The fourth-order valence-corrected chi connectivity index (χ4v) is 3.93. The minimum Gasteiger partial charge on any atom is -0.396 e. The summed E-state index contributed by atoms with van der Waals surface area (Å²) in [6.07, 6.45) is 5.80. The Morgan fingerprint density at radius 2 is 1.74 bits per heavy atom. The van der Waals surface area contributed by atoms with Crippen LogP contribution in [0.3, 0.4) is 0 Å². The highest BCUT2D eigenvalue weighted by molar-refractivity contribution is 6.06. The van der Waals surface area contributed by atoms with Crippen molar-refractivity contribution in [2.24, 2.45) is 29.1 Å². The number of amides is 2. The Kier molecular flexibility index (Phi) is 2.82. The summed E-state index contributed by atoms with van der Waals surface area (Å²) < 4.78 is 0. The second-order valence-electron chi connectivity index (χ2n) is 6.90. The third-order valence-electron chi connectivity index (χ3n) is 4.94. The molecule has 3 rings (SSSR count). The van der Waals surface area contributed by atoms with Crippen molar-refractivity contribution in [3.05, 3.63) is 12.2 Å². The molecule has 3 aliphatic rings. The van der Waals surface area contributed by atoms with Crippen LogP contribution < -0.4 is 0 Å². The molecule has 0 aromatic carbocycles. The predicted octanol–water partition coefficient (Wildman–Crippen LogP) is 1.20. The second-order valence-corrected chi connectivity index (χ2v) is 6.90. The number of fused-ring (bicyclic) bond motifs is 5. The third-order valence-corrected chi connectivity index (χ3v) is 4.94. The van der Waals surface area contributed by atoms with Gasteiger partial charge in [0.15, 0.2) is 0 Å². The summed E-state index contributed by atoms with van der Waals surface area (Å²) in [6, 6.07) is 0. The van der Waals surface area contributed by atoms with Gasteiger partial charge in [-0.25, -0.2) is 0 Å². The first kappa shape index (κ1) is 12.9. The van der Waals surface area contributed by atoms with Gasteiger partial charge in [0.05, 0.1) is 11.8 Å². The molecular formula is C15H21NO3. The van der Waals surface area contributed by atoms with Gasteiger partial charge in [-0.3, -0.25) is 14.5 Å². The lowest BCUT2D eigenvalue weighted by Crippen LogP contribution is -2.40. The molecule has 4 nitrogen and oxygen atoms in total. The first-order valence-electron chi connectivity index (χ1n) is 7.09. The summed E-state index contributed by atoms with van der Waals surface area (Å²) >= 11 is 0. The number of hydrogen-bond donors (Lipinski definition) is 1. The van der Waals surface area contributed by atoms with Crippen LogP contribution in [0.25, 0.3) is 0 Å². The van der Waals surface area contributed by atoms with Gasteiger partial charge in [-0.05, 0) is 30.1 Å². The molecule has 4 atom stereocenters. The molecule has 1 N–H and O–H groups in total. The number of nitrogens with zero attached hydrogens (tertiary/aromatic N) is 1. The zero-order chi connectivity index (χ0) is 13.8. The third kappa shape index (κ3) is 1.84. The van der Waals surface area contributed by atoms with Crippen LogP contribution in [0.1, 0.15) is 26.7 Å². The summed E-state index contributed by atoms with van der Waals surface area (Å²) in [7, 11) is 0. The van der Waals surface area contributed by atoms with E-state index in [-0.39, 0.29) is 47.5 Å². The van der Waals surface area contributed by atoms with Gasteiger partial charge in [0, 0.05) is 13.2 Å². The van der Waals surface area contributed by atoms with Crippen LogP contribution in [0.2, 0.25) is 0 Å². The quantitative estimate of drug-likeness (QED) is 0.612. The number of aliphatic hydroxyl groups is 1. The summed E-state index contributed by atoms with van der Waals surface area (Å²) in [5.74, 6) is 0.366. The van der Waals surface area contributed by atoms with E-state index in [1.54, 1.807) is 0 Å². The Hall–Kier alpha value is -1.16. The van der Waals surface area contributed by atoms with Crippen molar-refractivity contribution in [3.8, 4) is 0 Å². The molecule has 2 fully saturated rings. The van der Waals surface area contributed by atoms with Crippen molar-refractivity contribution < 1.29 is 14.7 Å². The van der Waals surface area contributed by atoms with E-state index in [1.165, 1.54) is 4.90 Å². The molecule has 0 radical (unpaired) electrons. The smallest absolute Gasteiger partial charge is 0.233 e. The number of allylic oxidation sites excluding steroid dienone is 2. The highest BCUT2D eigenvalue weighted by atomic mass is 16.3. The Labute approximate surface area is 113 Å². The normalized spacial score (nSPS) is 36.5. The van der Waals surface area contributed by atoms with Crippen LogP contribution in [-0.2, 0) is 9.59 Å². The molecule has 2 bridgehead atoms. The van der Waals surface area contributed by atoms with E-state index in [4.69, 9.17) is 5.11 Å². The summed E-state index contributed by atoms with van der Waals surface area (Å²) in [6.45, 7) is 4.50. The number of likely N-dealkylation sites (tertiary alicyclic amines) is 1. The molecule has 1 saturated heterocycles. The molecule has 4 heteroatoms. The SMILES string of the molecule is CC(C)(CCO)CN1C(=O)C2C3C=CC(C3)C2C1=O. The molecule has 0 aromatic rings. The molecule has 1 saturated carbocycles. The lowest BCUT2D eigenvalue weighted by Gasteiger charge is -2.29. The van der Waals surface area contributed by atoms with Gasteiger partial charge in [0.25, 0.3) is 0 Å². The number of carbonyl (C=O) groups is 2. The van der Waals surface area contributed by atoms with E-state index < -0.39 is 0 Å². The van der Waals surface area contributed by atoms with E-state index in [1.807, 2.05) is 13.8 Å². The molecule has 1 heterocycles. The number of imide groups is 1. The molecule has 104 valence electrons. The minimum absolute atomic E-state index is 0.0119. The lowest BCUT2D eigenvalue weighted by atomic mass is 9.85. The first-order chi connectivity index (χ1) is 8.94. The van der Waals surface area contributed by atoms with E-state index in [2.05, 4.69) is 12.2 Å². The van der Waals surface area contributed by atoms with E-state index in [9.17, 15) is 9.59 Å². The number of hydrogen-bond acceptors (Lipinski definition) is 3. The number of aliphatic hydroxyl groups excluding tert-OH is 1. The van der Waals surface area contributed by atoms with Crippen LogP contribution in [0.4, 0.5) is 0 Å². The Morgan fingerprint density at radius 1 is 1.21 bits per heavy atom. The fourth-order valence-electron chi connectivity index (χ4n) is 3.93. The number of carbonyl (C=O) groups excluding carboxylic acids is 2. The van der Waals surface area contributed by atoms with Crippen molar-refractivity contribution in [2.45, 2.75) is 26.7 Å². The number of rotatable bonds is 4. The molecule has 2 amide bonds. The Balaban J connectivity index is 1.79. The monoisotopic (exact) mass is 263 g/mol. The molecule has 0 aromatic heterocycles. The highest BCUT2D eigenvalue weighted by Crippen LogP contribution is 2.52. The van der Waals surface area contributed by atoms with Crippen LogP contribution in [0, 0.1) is 29.1 Å². The summed E-state index contributed by atoms with van der Waals surface area (Å²) in [5, 5.41) is 9.06. The van der Waals surface area contributed by atoms with Crippen LogP contribution in [0.15, 0.2) is 12.2 Å². The topological polar surface area (TPSA) is 57.6 Å². The van der Waals surface area contributed by atoms with E-state index in [0.29, 0.717) is 13.0 Å². The van der Waals surface area contributed by atoms with Gasteiger partial charge >= 0.3 is 0 Å². The van der Waals surface area contributed by atoms with Gasteiger partial charge in [-0.15, -0.1) is 0 Å². The van der Waals surface area contributed by atoms with Crippen molar-refractivity contribution in [1.29, 1.82) is 0 Å². The van der Waals surface area contributed by atoms with Gasteiger partial charge in [-0.2, -0.15) is 0 Å². The average molecular weight is 263 g/mol. The largest absolute Gasteiger partial charge is 0.396 e. The molecule has 19 heavy (non-hydrogen) atoms. The maximum atomic E-state index is 12.5. The van der Waals surface area contributed by atoms with Crippen LogP contribution >= 0.6 is 0 Å². The summed E-state index contributed by atoms with van der Waals surface area (Å²) in [4.78, 5) is 26.4. The van der Waals surface area contributed by atoms with Gasteiger partial charge < -0.3 is 5.11 Å². The van der Waals surface area contributed by atoms with Gasteiger partial charge in [-0.1, -0.05) is 26.0 Å². The standard InChI is InChI=1S/C15H21NO3/c1-15(2,5-6-17)8-16-13(18)11-9-3-4-10(7-9)12(11)14(16)19/h3-4,9-12,17H,5-8H2,1-2H3. The minimum atomic E-state index is -0.217. The van der Waals surface area contributed by atoms with Crippen molar-refractivity contribution in [3.63, 3.8) is 0 Å². The molecular weight excluding hydrogens is 242 g/mol. The summed E-state index contributed by atoms with van der Waals surface area (Å²) in [5.41, 5.74) is -0.217. The predicted molar refractivity (Wildman–Crippen MR) is 69.9 cm³/mol. The molecule has 0 spiro atoms. The zero-order valence-corrected chi connectivity index (χ0v) is 11.5. The average Bonchev–Trinajstić information content (AvgIpc) is 2.98. The molecule has 4 unspecified atom stereocenters. The second kappa shape index (κ2) is 4.17.